The summed E-state index contributed by atoms with van der Waals surface area (Å²) in [6.45, 7) is 0. The fraction of sp³-hybridized carbons (Fsp3) is 0.143. The van der Waals surface area contributed by atoms with E-state index in [-0.39, 0.29) is 0 Å². The van der Waals surface area contributed by atoms with Gasteiger partial charge in [0.1, 0.15) is 5.52 Å². The van der Waals surface area contributed by atoms with Crippen molar-refractivity contribution in [1.29, 1.82) is 0 Å². The molecule has 0 aliphatic carbocycles. The number of nitrogen functional groups attached to an aromatic ring is 1. The lowest BCUT2D eigenvalue weighted by atomic mass is 10.4. The largest absolute Gasteiger partial charge is 0.479 e. The highest BCUT2D eigenvalue weighted by molar-refractivity contribution is 5.81. The lowest BCUT2D eigenvalue weighted by molar-refractivity contribution is 0.402. The number of nitrogens with two attached hydrogens (primary N) is 1. The summed E-state index contributed by atoms with van der Waals surface area (Å²) in [5.41, 5.74) is 6.96. The molecule has 0 unspecified atom stereocenters. The number of nitrogens with zero attached hydrogens (tertiary/aromatic N) is 2. The maximum absolute atomic E-state index is 5.46. The summed E-state index contributed by atoms with van der Waals surface area (Å²) in [5.74, 6) is 0.882. The van der Waals surface area contributed by atoms with Crippen molar-refractivity contribution in [2.75, 3.05) is 12.8 Å². The number of nitrogens with one attached hydrogen (secondary N) is 1. The molecule has 3 N–H and O–H groups in total. The van der Waals surface area contributed by atoms with E-state index >= 15 is 0 Å². The number of rotatable bonds is 1. The number of fused-ring (bicyclic) bond motifs is 1. The fourth-order valence-electron chi connectivity index (χ4n) is 1.08. The summed E-state index contributed by atoms with van der Waals surface area (Å²) in [6, 6.07) is 1.77. The Kier molecular flexibility index (Phi) is 1.36. The minimum Gasteiger partial charge on any atom is -0.479 e. The zero-order chi connectivity index (χ0) is 8.55. The Bertz CT molecular complexity index is 409. The Morgan fingerprint density at radius 1 is 1.58 bits per heavy atom. The first kappa shape index (κ1) is 6.90. The summed E-state index contributed by atoms with van der Waals surface area (Å²) >= 11 is 0. The third kappa shape index (κ3) is 0.868. The van der Waals surface area contributed by atoms with Crippen molar-refractivity contribution >= 4 is 17.0 Å². The lowest BCUT2D eigenvalue weighted by Gasteiger charge is -1.96. The van der Waals surface area contributed by atoms with E-state index in [0.29, 0.717) is 11.8 Å². The van der Waals surface area contributed by atoms with Gasteiger partial charge in [0.15, 0.2) is 5.95 Å². The average molecular weight is 164 g/mol. The van der Waals surface area contributed by atoms with Crippen molar-refractivity contribution in [3.8, 4) is 5.88 Å². The van der Waals surface area contributed by atoms with Crippen LogP contribution in [0.15, 0.2) is 12.3 Å². The molecule has 0 aliphatic rings. The van der Waals surface area contributed by atoms with E-state index in [1.807, 2.05) is 0 Å². The van der Waals surface area contributed by atoms with Gasteiger partial charge in [-0.15, -0.1) is 0 Å². The Hall–Kier alpha value is -1.78. The first-order chi connectivity index (χ1) is 5.81. The summed E-state index contributed by atoms with van der Waals surface area (Å²) in [5, 5.41) is 0. The van der Waals surface area contributed by atoms with E-state index < -0.39 is 0 Å². The number of anilines is 1. The number of aromatic amines is 1. The van der Waals surface area contributed by atoms with Crippen molar-refractivity contribution < 1.29 is 4.74 Å². The van der Waals surface area contributed by atoms with Crippen molar-refractivity contribution in [2.45, 2.75) is 0 Å². The normalized spacial score (nSPS) is 10.4. The number of hydrogen-bond acceptors (Lipinski definition) is 4. The molecule has 0 aliphatic heterocycles. The zero-order valence-electron chi connectivity index (χ0n) is 6.53. The minimum absolute atomic E-state index is 0.372. The second-order valence-corrected chi connectivity index (χ2v) is 2.34. The quantitative estimate of drug-likeness (QED) is 0.645. The molecule has 0 amide bonds. The molecule has 0 radical (unpaired) electrons. The van der Waals surface area contributed by atoms with Gasteiger partial charge in [0.25, 0.3) is 0 Å². The second-order valence-electron chi connectivity index (χ2n) is 2.34. The van der Waals surface area contributed by atoms with Crippen LogP contribution in [0.3, 0.4) is 0 Å². The summed E-state index contributed by atoms with van der Waals surface area (Å²) in [7, 11) is 1.55. The van der Waals surface area contributed by atoms with Gasteiger partial charge < -0.3 is 15.5 Å². The molecule has 62 valence electrons. The van der Waals surface area contributed by atoms with E-state index in [1.165, 1.54) is 0 Å². The summed E-state index contributed by atoms with van der Waals surface area (Å²) in [6.07, 6.45) is 1.63. The van der Waals surface area contributed by atoms with Crippen LogP contribution in [0.5, 0.6) is 5.88 Å². The van der Waals surface area contributed by atoms with Crippen LogP contribution in [0, 0.1) is 0 Å². The summed E-state index contributed by atoms with van der Waals surface area (Å²) < 4.78 is 5.00. The van der Waals surface area contributed by atoms with E-state index in [0.717, 1.165) is 11.0 Å². The number of pyridine rings is 1. The zero-order valence-corrected chi connectivity index (χ0v) is 6.53. The molecule has 5 nitrogen and oxygen atoms in total. The van der Waals surface area contributed by atoms with Gasteiger partial charge in [-0.2, -0.15) is 0 Å². The molecule has 2 aromatic heterocycles. The molecular weight excluding hydrogens is 156 g/mol. The molecule has 0 saturated carbocycles. The van der Waals surface area contributed by atoms with Crippen LogP contribution in [-0.2, 0) is 0 Å². The number of aromatic nitrogens is 3. The third-order valence-corrected chi connectivity index (χ3v) is 1.58. The third-order valence-electron chi connectivity index (χ3n) is 1.58. The van der Waals surface area contributed by atoms with Crippen LogP contribution in [0.2, 0.25) is 0 Å². The molecule has 12 heavy (non-hydrogen) atoms. The average Bonchev–Trinajstić information content (AvgIpc) is 2.44. The smallest absolute Gasteiger partial charge is 0.239 e. The van der Waals surface area contributed by atoms with Crippen LogP contribution in [-0.4, -0.2) is 22.1 Å². The van der Waals surface area contributed by atoms with Gasteiger partial charge in [-0.3, -0.25) is 0 Å². The Balaban J connectivity index is 2.78. The van der Waals surface area contributed by atoms with Crippen LogP contribution >= 0.6 is 0 Å². The highest BCUT2D eigenvalue weighted by Gasteiger charge is 2.05. The topological polar surface area (TPSA) is 76.8 Å². The SMILES string of the molecule is COc1nccc2nc(N)[nH]c12. The molecule has 2 heterocycles. The van der Waals surface area contributed by atoms with Gasteiger partial charge >= 0.3 is 0 Å². The van der Waals surface area contributed by atoms with Crippen LogP contribution in [0.4, 0.5) is 5.95 Å². The number of ether oxygens (including phenoxy) is 1. The van der Waals surface area contributed by atoms with E-state index in [4.69, 9.17) is 10.5 Å². The van der Waals surface area contributed by atoms with Gasteiger partial charge in [0, 0.05) is 6.20 Å². The number of hydrogen-bond donors (Lipinski definition) is 2. The fourth-order valence-corrected chi connectivity index (χ4v) is 1.08. The van der Waals surface area contributed by atoms with Crippen LogP contribution in [0.1, 0.15) is 0 Å². The highest BCUT2D eigenvalue weighted by atomic mass is 16.5. The monoisotopic (exact) mass is 164 g/mol. The first-order valence-electron chi connectivity index (χ1n) is 3.45. The standard InChI is InChI=1S/C7H8N4O/c1-12-6-5-4(2-3-9-6)10-7(8)11-5/h2-3H,1H3,(H3,8,10,11). The molecule has 2 rings (SSSR count). The van der Waals surface area contributed by atoms with Crippen molar-refractivity contribution in [3.63, 3.8) is 0 Å². The minimum atomic E-state index is 0.372. The molecule has 0 saturated heterocycles. The Morgan fingerprint density at radius 2 is 2.42 bits per heavy atom. The van der Waals surface area contributed by atoms with Crippen LogP contribution < -0.4 is 10.5 Å². The summed E-state index contributed by atoms with van der Waals surface area (Å²) in [4.78, 5) is 10.9. The first-order valence-corrected chi connectivity index (χ1v) is 3.45. The van der Waals surface area contributed by atoms with Gasteiger partial charge in [0.05, 0.1) is 12.6 Å². The predicted octanol–water partition coefficient (Wildman–Crippen LogP) is 0.549. The molecule has 0 spiro atoms. The Morgan fingerprint density at radius 3 is 3.17 bits per heavy atom. The predicted molar refractivity (Wildman–Crippen MR) is 44.9 cm³/mol. The van der Waals surface area contributed by atoms with Gasteiger partial charge in [-0.1, -0.05) is 0 Å². The van der Waals surface area contributed by atoms with E-state index in [1.54, 1.807) is 19.4 Å². The molecule has 0 fully saturated rings. The molecular formula is C7H8N4O. The molecule has 0 aromatic carbocycles. The van der Waals surface area contributed by atoms with Crippen molar-refractivity contribution in [3.05, 3.63) is 12.3 Å². The van der Waals surface area contributed by atoms with Gasteiger partial charge in [-0.05, 0) is 6.07 Å². The van der Waals surface area contributed by atoms with E-state index in [9.17, 15) is 0 Å². The lowest BCUT2D eigenvalue weighted by Crippen LogP contribution is -1.88. The van der Waals surface area contributed by atoms with Gasteiger partial charge in [-0.25, -0.2) is 9.97 Å². The second kappa shape index (κ2) is 2.37. The maximum Gasteiger partial charge on any atom is 0.239 e. The Labute approximate surface area is 68.6 Å². The maximum atomic E-state index is 5.46. The van der Waals surface area contributed by atoms with Crippen molar-refractivity contribution in [2.24, 2.45) is 0 Å². The van der Waals surface area contributed by atoms with E-state index in [2.05, 4.69) is 15.0 Å². The molecule has 5 heteroatoms. The van der Waals surface area contributed by atoms with Gasteiger partial charge in [0.2, 0.25) is 5.88 Å². The molecule has 0 atom stereocenters. The van der Waals surface area contributed by atoms with Crippen molar-refractivity contribution in [1.82, 2.24) is 15.0 Å². The van der Waals surface area contributed by atoms with Crippen LogP contribution in [0.25, 0.3) is 11.0 Å². The number of imidazole rings is 1. The molecule has 0 bridgehead atoms. The highest BCUT2D eigenvalue weighted by Crippen LogP contribution is 2.20. The molecule has 2 aromatic rings. The number of methoxy groups -OCH3 is 1. The number of H-pyrrole nitrogens is 1.